The molecule has 21 heavy (non-hydrogen) atoms. The van der Waals surface area contributed by atoms with E-state index < -0.39 is 0 Å². The third-order valence-electron chi connectivity index (χ3n) is 3.83. The van der Waals surface area contributed by atoms with E-state index in [9.17, 15) is 0 Å². The number of pyridine rings is 1. The van der Waals surface area contributed by atoms with E-state index in [0.29, 0.717) is 0 Å². The quantitative estimate of drug-likeness (QED) is 0.918. The topological polar surface area (TPSA) is 34.2 Å². The molecule has 2 atom stereocenters. The standard InChI is InChI=1S/C17H22N2OS/c1-2-8-18-17(15-12-21-11-10-20-15)14-7-3-5-13-6-4-9-19-16(13)14/h3-7,9,15,17-18H,2,8,10-12H2,1H3. The second kappa shape index (κ2) is 7.25. The Morgan fingerprint density at radius 3 is 3.10 bits per heavy atom. The van der Waals surface area contributed by atoms with Crippen molar-refractivity contribution in [3.8, 4) is 0 Å². The number of rotatable bonds is 5. The summed E-state index contributed by atoms with van der Waals surface area (Å²) < 4.78 is 6.03. The Morgan fingerprint density at radius 1 is 1.38 bits per heavy atom. The zero-order valence-electron chi connectivity index (χ0n) is 12.4. The summed E-state index contributed by atoms with van der Waals surface area (Å²) >= 11 is 1.98. The molecule has 112 valence electrons. The summed E-state index contributed by atoms with van der Waals surface area (Å²) in [7, 11) is 0. The van der Waals surface area contributed by atoms with Gasteiger partial charge >= 0.3 is 0 Å². The lowest BCUT2D eigenvalue weighted by Crippen LogP contribution is -2.38. The lowest BCUT2D eigenvalue weighted by Gasteiger charge is -2.31. The van der Waals surface area contributed by atoms with Gasteiger partial charge in [-0.15, -0.1) is 0 Å². The molecule has 1 N–H and O–H groups in total. The molecule has 2 heterocycles. The number of para-hydroxylation sites is 1. The van der Waals surface area contributed by atoms with Crippen molar-refractivity contribution in [2.24, 2.45) is 0 Å². The van der Waals surface area contributed by atoms with Crippen molar-refractivity contribution in [2.75, 3.05) is 24.7 Å². The molecule has 0 amide bonds. The van der Waals surface area contributed by atoms with Crippen LogP contribution in [0.3, 0.4) is 0 Å². The highest BCUT2D eigenvalue weighted by atomic mass is 32.2. The van der Waals surface area contributed by atoms with Gasteiger partial charge in [0, 0.05) is 23.1 Å². The van der Waals surface area contributed by atoms with Crippen LogP contribution in [0.5, 0.6) is 0 Å². The molecule has 1 fully saturated rings. The van der Waals surface area contributed by atoms with E-state index in [1.807, 2.05) is 24.0 Å². The predicted molar refractivity (Wildman–Crippen MR) is 89.8 cm³/mol. The predicted octanol–water partition coefficient (Wildman–Crippen LogP) is 3.41. The third-order valence-corrected chi connectivity index (χ3v) is 4.85. The number of benzene rings is 1. The molecule has 1 aliphatic rings. The Bertz CT molecular complexity index is 579. The van der Waals surface area contributed by atoms with Gasteiger partial charge in [0.15, 0.2) is 0 Å². The molecule has 0 spiro atoms. The van der Waals surface area contributed by atoms with Gasteiger partial charge in [0.1, 0.15) is 0 Å². The van der Waals surface area contributed by atoms with Gasteiger partial charge in [-0.2, -0.15) is 11.8 Å². The maximum absolute atomic E-state index is 6.03. The van der Waals surface area contributed by atoms with Gasteiger partial charge in [-0.1, -0.05) is 31.2 Å². The minimum atomic E-state index is 0.219. The average Bonchev–Trinajstić information content (AvgIpc) is 2.56. The number of ether oxygens (including phenoxy) is 1. The molecule has 1 saturated heterocycles. The number of nitrogens with zero attached hydrogens (tertiary/aromatic N) is 1. The maximum Gasteiger partial charge on any atom is 0.0861 e. The average molecular weight is 302 g/mol. The Kier molecular flexibility index (Phi) is 5.12. The van der Waals surface area contributed by atoms with E-state index in [1.54, 1.807) is 0 Å². The van der Waals surface area contributed by atoms with Crippen molar-refractivity contribution in [2.45, 2.75) is 25.5 Å². The van der Waals surface area contributed by atoms with Crippen molar-refractivity contribution in [3.05, 3.63) is 42.1 Å². The molecule has 2 aromatic rings. The molecule has 1 aromatic carbocycles. The van der Waals surface area contributed by atoms with Crippen molar-refractivity contribution in [1.82, 2.24) is 10.3 Å². The molecule has 2 unspecified atom stereocenters. The second-order valence-corrected chi connectivity index (χ2v) is 6.49. The molecule has 0 radical (unpaired) electrons. The number of hydrogen-bond donors (Lipinski definition) is 1. The minimum Gasteiger partial charge on any atom is -0.375 e. The molecular formula is C17H22N2OS. The van der Waals surface area contributed by atoms with Gasteiger partial charge in [0.25, 0.3) is 0 Å². The van der Waals surface area contributed by atoms with Gasteiger partial charge < -0.3 is 10.1 Å². The van der Waals surface area contributed by atoms with E-state index in [1.165, 1.54) is 10.9 Å². The second-order valence-electron chi connectivity index (χ2n) is 5.34. The number of aromatic nitrogens is 1. The van der Waals surface area contributed by atoms with Gasteiger partial charge in [-0.25, -0.2) is 0 Å². The highest BCUT2D eigenvalue weighted by Crippen LogP contribution is 2.29. The largest absolute Gasteiger partial charge is 0.375 e. The lowest BCUT2D eigenvalue weighted by molar-refractivity contribution is 0.0471. The highest BCUT2D eigenvalue weighted by molar-refractivity contribution is 7.99. The molecule has 0 bridgehead atoms. The first kappa shape index (κ1) is 14.8. The Labute approximate surface area is 130 Å². The normalized spacial score (nSPS) is 20.5. The summed E-state index contributed by atoms with van der Waals surface area (Å²) in [5, 5.41) is 4.87. The van der Waals surface area contributed by atoms with E-state index in [-0.39, 0.29) is 12.1 Å². The van der Waals surface area contributed by atoms with Crippen LogP contribution in [-0.4, -0.2) is 35.7 Å². The van der Waals surface area contributed by atoms with Gasteiger partial charge in [0.05, 0.1) is 24.3 Å². The molecule has 1 aromatic heterocycles. The third kappa shape index (κ3) is 3.39. The molecule has 3 nitrogen and oxygen atoms in total. The number of nitrogens with one attached hydrogen (secondary N) is 1. The monoisotopic (exact) mass is 302 g/mol. The van der Waals surface area contributed by atoms with Crippen LogP contribution in [0, 0.1) is 0 Å². The first-order valence-corrected chi connectivity index (χ1v) is 8.82. The first-order valence-electron chi connectivity index (χ1n) is 7.66. The SMILES string of the molecule is CCCNC(c1cccc2cccnc12)C1CSCCO1. The van der Waals surface area contributed by atoms with Crippen LogP contribution in [0.4, 0.5) is 0 Å². The van der Waals surface area contributed by atoms with E-state index >= 15 is 0 Å². The first-order chi connectivity index (χ1) is 10.4. The zero-order chi connectivity index (χ0) is 14.5. The van der Waals surface area contributed by atoms with Crippen molar-refractivity contribution < 1.29 is 4.74 Å². The molecule has 0 saturated carbocycles. The molecule has 1 aliphatic heterocycles. The van der Waals surface area contributed by atoms with E-state index in [2.05, 4.69) is 41.5 Å². The number of thioether (sulfide) groups is 1. The van der Waals surface area contributed by atoms with Gasteiger partial charge in [0.2, 0.25) is 0 Å². The fourth-order valence-corrected chi connectivity index (χ4v) is 3.72. The summed E-state index contributed by atoms with van der Waals surface area (Å²) in [4.78, 5) is 4.60. The van der Waals surface area contributed by atoms with Gasteiger partial charge in [-0.05, 0) is 24.6 Å². The zero-order valence-corrected chi connectivity index (χ0v) is 13.2. The summed E-state index contributed by atoms with van der Waals surface area (Å²) in [5.41, 5.74) is 2.35. The summed E-state index contributed by atoms with van der Waals surface area (Å²) in [6.07, 6.45) is 3.22. The van der Waals surface area contributed by atoms with Crippen LogP contribution in [0.2, 0.25) is 0 Å². The molecule has 4 heteroatoms. The molecule has 0 aliphatic carbocycles. The van der Waals surface area contributed by atoms with Crippen molar-refractivity contribution in [3.63, 3.8) is 0 Å². The highest BCUT2D eigenvalue weighted by Gasteiger charge is 2.27. The summed E-state index contributed by atoms with van der Waals surface area (Å²) in [5.74, 6) is 2.15. The lowest BCUT2D eigenvalue weighted by atomic mass is 9.98. The van der Waals surface area contributed by atoms with E-state index in [4.69, 9.17) is 4.74 Å². The Hall–Kier alpha value is -1.10. The van der Waals surface area contributed by atoms with Crippen LogP contribution >= 0.6 is 11.8 Å². The number of hydrogen-bond acceptors (Lipinski definition) is 4. The number of fused-ring (bicyclic) bond motifs is 1. The van der Waals surface area contributed by atoms with E-state index in [0.717, 1.165) is 36.6 Å². The van der Waals surface area contributed by atoms with Gasteiger partial charge in [-0.3, -0.25) is 4.98 Å². The van der Waals surface area contributed by atoms with Crippen LogP contribution in [0.15, 0.2) is 36.5 Å². The van der Waals surface area contributed by atoms with Crippen LogP contribution in [0.1, 0.15) is 24.9 Å². The molecule has 3 rings (SSSR count). The van der Waals surface area contributed by atoms with Crippen LogP contribution < -0.4 is 5.32 Å². The smallest absolute Gasteiger partial charge is 0.0861 e. The summed E-state index contributed by atoms with van der Waals surface area (Å²) in [6.45, 7) is 4.04. The van der Waals surface area contributed by atoms with Crippen LogP contribution in [-0.2, 0) is 4.74 Å². The molecular weight excluding hydrogens is 280 g/mol. The maximum atomic E-state index is 6.03. The Morgan fingerprint density at radius 2 is 2.29 bits per heavy atom. The fourth-order valence-electron chi connectivity index (χ4n) is 2.82. The Balaban J connectivity index is 1.96. The van der Waals surface area contributed by atoms with Crippen molar-refractivity contribution in [1.29, 1.82) is 0 Å². The summed E-state index contributed by atoms with van der Waals surface area (Å²) in [6, 6.07) is 10.8. The van der Waals surface area contributed by atoms with Crippen LogP contribution in [0.25, 0.3) is 10.9 Å². The minimum absolute atomic E-state index is 0.219. The fraction of sp³-hybridized carbons (Fsp3) is 0.471. The van der Waals surface area contributed by atoms with Crippen molar-refractivity contribution >= 4 is 22.7 Å².